The molecule has 2 aromatic rings. The van der Waals surface area contributed by atoms with Gasteiger partial charge in [-0.2, -0.15) is 4.98 Å². The number of nitrogens with zero attached hydrogens (tertiary/aromatic N) is 5. The molecule has 24 heavy (non-hydrogen) atoms. The van der Waals surface area contributed by atoms with Crippen LogP contribution in [0.25, 0.3) is 0 Å². The highest BCUT2D eigenvalue weighted by molar-refractivity contribution is 5.87. The van der Waals surface area contributed by atoms with Crippen LogP contribution in [-0.4, -0.2) is 56.5 Å². The van der Waals surface area contributed by atoms with E-state index in [1.54, 1.807) is 11.1 Å². The van der Waals surface area contributed by atoms with Crippen LogP contribution < -0.4 is 5.32 Å². The Kier molecular flexibility index (Phi) is 4.57. The molecule has 3 rings (SSSR count). The van der Waals surface area contributed by atoms with E-state index < -0.39 is 0 Å². The minimum atomic E-state index is -0.189. The molecule has 0 saturated carbocycles. The molecular formula is C16H24N6O2. The van der Waals surface area contributed by atoms with Gasteiger partial charge in [-0.15, -0.1) is 0 Å². The molecule has 3 heterocycles. The Morgan fingerprint density at radius 2 is 2.21 bits per heavy atom. The van der Waals surface area contributed by atoms with Gasteiger partial charge in [-0.05, 0) is 20.4 Å². The highest BCUT2D eigenvalue weighted by atomic mass is 16.4. The Balaban J connectivity index is 1.72. The van der Waals surface area contributed by atoms with Crippen LogP contribution in [0.1, 0.15) is 30.2 Å². The van der Waals surface area contributed by atoms with Crippen molar-refractivity contribution >= 4 is 12.0 Å². The summed E-state index contributed by atoms with van der Waals surface area (Å²) in [6.45, 7) is 8.80. The lowest BCUT2D eigenvalue weighted by atomic mass is 10.1. The Bertz CT molecular complexity index is 702. The summed E-state index contributed by atoms with van der Waals surface area (Å²) in [5.41, 5.74) is 0.784. The molecule has 0 radical (unpaired) electrons. The van der Waals surface area contributed by atoms with Crippen LogP contribution in [0.15, 0.2) is 16.8 Å². The number of carbonyl (C=O) groups excluding carboxylic acids is 1. The van der Waals surface area contributed by atoms with Crippen molar-refractivity contribution in [2.75, 3.05) is 31.5 Å². The highest BCUT2D eigenvalue weighted by Crippen LogP contribution is 2.24. The number of likely N-dealkylation sites (N-methyl/N-ethyl adjacent to an activating group) is 1. The molecule has 0 spiro atoms. The Hall–Kier alpha value is -2.35. The molecule has 1 aliphatic rings. The van der Waals surface area contributed by atoms with E-state index in [1.807, 2.05) is 31.7 Å². The number of amides is 2. The predicted molar refractivity (Wildman–Crippen MR) is 89.8 cm³/mol. The molecule has 8 nitrogen and oxygen atoms in total. The standard InChI is InChI=1S/C16H24N6O2/c1-5-21-8-9-22(10-13(21)14-17-6-7-20(14)4)16(23)19-15-18-11(2)12(3)24-15/h6-7,13H,5,8-10H2,1-4H3,(H,18,19,23)/t13-/m0/s1. The molecule has 1 fully saturated rings. The maximum Gasteiger partial charge on any atom is 0.325 e. The van der Waals surface area contributed by atoms with Gasteiger partial charge in [-0.1, -0.05) is 6.92 Å². The molecule has 8 heteroatoms. The fourth-order valence-corrected chi connectivity index (χ4v) is 3.02. The van der Waals surface area contributed by atoms with E-state index in [1.165, 1.54) is 0 Å². The summed E-state index contributed by atoms with van der Waals surface area (Å²) < 4.78 is 7.45. The molecule has 0 aliphatic carbocycles. The summed E-state index contributed by atoms with van der Waals surface area (Å²) in [6, 6.07) is 0.148. The maximum absolute atomic E-state index is 12.6. The van der Waals surface area contributed by atoms with Crippen molar-refractivity contribution in [2.24, 2.45) is 7.05 Å². The predicted octanol–water partition coefficient (Wildman–Crippen LogP) is 1.94. The molecule has 1 saturated heterocycles. The number of rotatable bonds is 3. The number of aryl methyl sites for hydroxylation is 3. The van der Waals surface area contributed by atoms with Crippen LogP contribution >= 0.6 is 0 Å². The molecule has 0 aromatic carbocycles. The first-order valence-corrected chi connectivity index (χ1v) is 8.20. The zero-order valence-corrected chi connectivity index (χ0v) is 14.6. The van der Waals surface area contributed by atoms with Crippen LogP contribution in [0.2, 0.25) is 0 Å². The van der Waals surface area contributed by atoms with Gasteiger partial charge in [0.15, 0.2) is 0 Å². The van der Waals surface area contributed by atoms with Crippen LogP contribution in [0.4, 0.5) is 10.8 Å². The average Bonchev–Trinajstić information content (AvgIpc) is 3.12. The smallest absolute Gasteiger partial charge is 0.325 e. The first-order chi connectivity index (χ1) is 11.5. The van der Waals surface area contributed by atoms with Gasteiger partial charge in [0.1, 0.15) is 11.6 Å². The van der Waals surface area contributed by atoms with Crippen molar-refractivity contribution in [3.63, 3.8) is 0 Å². The number of anilines is 1. The first-order valence-electron chi connectivity index (χ1n) is 8.20. The fourth-order valence-electron chi connectivity index (χ4n) is 3.02. The maximum atomic E-state index is 12.6. The molecular weight excluding hydrogens is 308 g/mol. The summed E-state index contributed by atoms with van der Waals surface area (Å²) in [4.78, 5) is 25.4. The van der Waals surface area contributed by atoms with Gasteiger partial charge in [0, 0.05) is 39.1 Å². The van der Waals surface area contributed by atoms with Gasteiger partial charge in [0.2, 0.25) is 0 Å². The Morgan fingerprint density at radius 3 is 2.79 bits per heavy atom. The van der Waals surface area contributed by atoms with Crippen molar-refractivity contribution in [1.82, 2.24) is 24.3 Å². The quantitative estimate of drug-likeness (QED) is 0.929. The molecule has 1 aliphatic heterocycles. The Morgan fingerprint density at radius 1 is 1.42 bits per heavy atom. The van der Waals surface area contributed by atoms with E-state index in [0.29, 0.717) is 18.8 Å². The van der Waals surface area contributed by atoms with Gasteiger partial charge >= 0.3 is 12.0 Å². The van der Waals surface area contributed by atoms with Crippen LogP contribution in [0.5, 0.6) is 0 Å². The first kappa shape index (κ1) is 16.5. The summed E-state index contributed by atoms with van der Waals surface area (Å²) in [5, 5.41) is 2.75. The van der Waals surface area contributed by atoms with Gasteiger partial charge in [0.05, 0.1) is 11.7 Å². The summed E-state index contributed by atoms with van der Waals surface area (Å²) >= 11 is 0. The largest absolute Gasteiger partial charge is 0.428 e. The van der Waals surface area contributed by atoms with E-state index in [0.717, 1.165) is 24.6 Å². The summed E-state index contributed by atoms with van der Waals surface area (Å²) in [5.74, 6) is 1.68. The van der Waals surface area contributed by atoms with E-state index in [9.17, 15) is 4.79 Å². The number of imidazole rings is 1. The molecule has 0 unspecified atom stereocenters. The monoisotopic (exact) mass is 332 g/mol. The van der Waals surface area contributed by atoms with Gasteiger partial charge < -0.3 is 13.9 Å². The van der Waals surface area contributed by atoms with E-state index >= 15 is 0 Å². The number of carbonyl (C=O) groups is 1. The highest BCUT2D eigenvalue weighted by Gasteiger charge is 2.32. The summed E-state index contributed by atoms with van der Waals surface area (Å²) in [6.07, 6.45) is 3.72. The van der Waals surface area contributed by atoms with Gasteiger partial charge in [0.25, 0.3) is 0 Å². The molecule has 0 bridgehead atoms. The second kappa shape index (κ2) is 6.64. The molecule has 2 amide bonds. The number of piperazine rings is 1. The minimum Gasteiger partial charge on any atom is -0.428 e. The molecule has 2 aromatic heterocycles. The third-order valence-corrected chi connectivity index (χ3v) is 4.58. The lowest BCUT2D eigenvalue weighted by Crippen LogP contribution is -2.52. The van der Waals surface area contributed by atoms with Crippen molar-refractivity contribution < 1.29 is 9.21 Å². The van der Waals surface area contributed by atoms with Crippen LogP contribution in [0.3, 0.4) is 0 Å². The zero-order chi connectivity index (χ0) is 17.3. The lowest BCUT2D eigenvalue weighted by Gasteiger charge is -2.40. The second-order valence-electron chi connectivity index (χ2n) is 6.08. The number of hydrogen-bond donors (Lipinski definition) is 1. The third-order valence-electron chi connectivity index (χ3n) is 4.58. The molecule has 130 valence electrons. The SMILES string of the molecule is CCN1CCN(C(=O)Nc2nc(C)c(C)o2)C[C@H]1c1nccn1C. The normalized spacial score (nSPS) is 18.8. The number of oxazole rings is 1. The van der Waals surface area contributed by atoms with Crippen LogP contribution in [-0.2, 0) is 7.05 Å². The topological polar surface area (TPSA) is 79.4 Å². The number of nitrogens with one attached hydrogen (secondary N) is 1. The van der Waals surface area contributed by atoms with E-state index in [-0.39, 0.29) is 18.1 Å². The third kappa shape index (κ3) is 3.14. The summed E-state index contributed by atoms with van der Waals surface area (Å²) in [7, 11) is 1.98. The van der Waals surface area contributed by atoms with Gasteiger partial charge in [-0.3, -0.25) is 10.2 Å². The lowest BCUT2D eigenvalue weighted by molar-refractivity contribution is 0.0925. The number of aromatic nitrogens is 3. The van der Waals surface area contributed by atoms with Crippen molar-refractivity contribution in [1.29, 1.82) is 0 Å². The zero-order valence-electron chi connectivity index (χ0n) is 14.6. The van der Waals surface area contributed by atoms with Crippen molar-refractivity contribution in [2.45, 2.75) is 26.8 Å². The second-order valence-corrected chi connectivity index (χ2v) is 6.08. The van der Waals surface area contributed by atoms with Crippen LogP contribution in [0, 0.1) is 13.8 Å². The van der Waals surface area contributed by atoms with E-state index in [2.05, 4.69) is 27.1 Å². The van der Waals surface area contributed by atoms with Crippen molar-refractivity contribution in [3.05, 3.63) is 29.7 Å². The van der Waals surface area contributed by atoms with Gasteiger partial charge in [-0.25, -0.2) is 9.78 Å². The Labute approximate surface area is 141 Å². The average molecular weight is 332 g/mol. The fraction of sp³-hybridized carbons (Fsp3) is 0.562. The number of hydrogen-bond acceptors (Lipinski definition) is 5. The number of urea groups is 1. The van der Waals surface area contributed by atoms with E-state index in [4.69, 9.17) is 4.42 Å². The molecule has 1 atom stereocenters. The van der Waals surface area contributed by atoms with Crippen molar-refractivity contribution in [3.8, 4) is 0 Å². The minimum absolute atomic E-state index is 0.0857. The molecule has 1 N–H and O–H groups in total.